The van der Waals surface area contributed by atoms with Gasteiger partial charge in [0.2, 0.25) is 0 Å². The molecule has 0 aliphatic carbocycles. The topological polar surface area (TPSA) is 107 Å². The molecule has 110 valence electrons. The molecule has 0 amide bonds. The first-order valence-corrected chi connectivity index (χ1v) is 8.49. The monoisotopic (exact) mass is 297 g/mol. The maximum Gasteiger partial charge on any atom is 0.182 e. The van der Waals surface area contributed by atoms with Crippen LogP contribution in [-0.4, -0.2) is 39.9 Å². The molecule has 1 fully saturated rings. The fourth-order valence-corrected chi connectivity index (χ4v) is 5.01. The molecule has 3 rings (SSSR count). The highest BCUT2D eigenvalue weighted by Gasteiger charge is 2.42. The predicted octanol–water partition coefficient (Wildman–Crippen LogP) is 0.999. The summed E-state index contributed by atoms with van der Waals surface area (Å²) in [6.07, 6.45) is 0.552. The van der Waals surface area contributed by atoms with Crippen LogP contribution in [0.25, 0.3) is 11.0 Å². The Morgan fingerprint density at radius 3 is 2.70 bits per heavy atom. The summed E-state index contributed by atoms with van der Waals surface area (Å²) in [5.74, 6) is 0.975. The SMILES string of the molecule is CC(C)c1nn(C2(C)CCS(=O)(=O)C2)c2n[nH]c(N)c12. The number of H-pyrrole nitrogens is 1. The second kappa shape index (κ2) is 3.97. The molecular weight excluding hydrogens is 278 g/mol. The van der Waals surface area contributed by atoms with Crippen LogP contribution >= 0.6 is 0 Å². The van der Waals surface area contributed by atoms with Gasteiger partial charge in [-0.3, -0.25) is 5.10 Å². The van der Waals surface area contributed by atoms with Gasteiger partial charge in [0.15, 0.2) is 15.5 Å². The van der Waals surface area contributed by atoms with Gasteiger partial charge in [0, 0.05) is 0 Å². The zero-order valence-electron chi connectivity index (χ0n) is 11.8. The zero-order valence-corrected chi connectivity index (χ0v) is 12.7. The summed E-state index contributed by atoms with van der Waals surface area (Å²) in [6, 6.07) is 0. The number of anilines is 1. The largest absolute Gasteiger partial charge is 0.383 e. The number of hydrogen-bond acceptors (Lipinski definition) is 5. The summed E-state index contributed by atoms with van der Waals surface area (Å²) in [6.45, 7) is 5.98. The Morgan fingerprint density at radius 1 is 1.45 bits per heavy atom. The number of fused-ring (bicyclic) bond motifs is 1. The number of sulfone groups is 1. The smallest absolute Gasteiger partial charge is 0.182 e. The average molecular weight is 297 g/mol. The van der Waals surface area contributed by atoms with Crippen molar-refractivity contribution in [1.29, 1.82) is 0 Å². The number of aromatic amines is 1. The second-order valence-corrected chi connectivity index (χ2v) is 8.31. The number of rotatable bonds is 2. The number of aromatic nitrogens is 4. The van der Waals surface area contributed by atoms with Crippen molar-refractivity contribution in [1.82, 2.24) is 20.0 Å². The van der Waals surface area contributed by atoms with Crippen LogP contribution < -0.4 is 5.73 Å². The van der Waals surface area contributed by atoms with Gasteiger partial charge in [-0.05, 0) is 19.3 Å². The van der Waals surface area contributed by atoms with Crippen LogP contribution in [0.1, 0.15) is 38.8 Å². The fourth-order valence-electron chi connectivity index (χ4n) is 2.90. The standard InChI is InChI=1S/C12H19N5O2S/c1-7(2)9-8-10(13)14-15-11(8)17(16-9)12(3)4-5-20(18,19)6-12/h7H,4-6H2,1-3H3,(H3,13,14,15). The lowest BCUT2D eigenvalue weighted by atomic mass is 10.0. The number of nitrogen functional groups attached to an aromatic ring is 1. The molecule has 1 saturated heterocycles. The molecule has 2 aromatic rings. The first-order chi connectivity index (χ1) is 9.23. The Balaban J connectivity index is 2.23. The Morgan fingerprint density at radius 2 is 2.15 bits per heavy atom. The van der Waals surface area contributed by atoms with E-state index < -0.39 is 15.4 Å². The van der Waals surface area contributed by atoms with Gasteiger partial charge < -0.3 is 5.73 Å². The molecule has 3 N–H and O–H groups in total. The van der Waals surface area contributed by atoms with E-state index in [0.717, 1.165) is 11.1 Å². The Bertz CT molecular complexity index is 773. The van der Waals surface area contributed by atoms with E-state index in [9.17, 15) is 8.42 Å². The minimum absolute atomic E-state index is 0.0983. The Kier molecular flexibility index (Phi) is 2.66. The van der Waals surface area contributed by atoms with Gasteiger partial charge in [0.1, 0.15) is 5.82 Å². The molecule has 0 spiro atoms. The maximum atomic E-state index is 11.8. The lowest BCUT2D eigenvalue weighted by molar-refractivity contribution is 0.334. The minimum Gasteiger partial charge on any atom is -0.383 e. The van der Waals surface area contributed by atoms with Gasteiger partial charge in [0.05, 0.1) is 28.1 Å². The summed E-state index contributed by atoms with van der Waals surface area (Å²) in [4.78, 5) is 0. The number of nitrogens with two attached hydrogens (primary N) is 1. The van der Waals surface area contributed by atoms with Gasteiger partial charge in [-0.2, -0.15) is 10.2 Å². The molecule has 0 aromatic carbocycles. The van der Waals surface area contributed by atoms with Crippen molar-refractivity contribution in [3.05, 3.63) is 5.69 Å². The van der Waals surface area contributed by atoms with Crippen LogP contribution in [0.5, 0.6) is 0 Å². The van der Waals surface area contributed by atoms with E-state index in [2.05, 4.69) is 15.3 Å². The van der Waals surface area contributed by atoms with Gasteiger partial charge in [-0.25, -0.2) is 13.1 Å². The quantitative estimate of drug-likeness (QED) is 0.860. The highest BCUT2D eigenvalue weighted by Crippen LogP contribution is 2.36. The fraction of sp³-hybridized carbons (Fsp3) is 0.667. The summed E-state index contributed by atoms with van der Waals surface area (Å²) in [5.41, 5.74) is 6.89. The Hall–Kier alpha value is -1.57. The molecular formula is C12H19N5O2S. The van der Waals surface area contributed by atoms with Crippen LogP contribution in [-0.2, 0) is 15.4 Å². The first kappa shape index (κ1) is 13.4. The molecule has 20 heavy (non-hydrogen) atoms. The van der Waals surface area contributed by atoms with Crippen molar-refractivity contribution in [3.63, 3.8) is 0 Å². The molecule has 1 unspecified atom stereocenters. The second-order valence-electron chi connectivity index (χ2n) is 6.13. The van der Waals surface area contributed by atoms with Crippen molar-refractivity contribution in [3.8, 4) is 0 Å². The molecule has 1 aliphatic heterocycles. The van der Waals surface area contributed by atoms with Crippen LogP contribution in [0.2, 0.25) is 0 Å². The van der Waals surface area contributed by atoms with E-state index >= 15 is 0 Å². The highest BCUT2D eigenvalue weighted by molar-refractivity contribution is 7.91. The summed E-state index contributed by atoms with van der Waals surface area (Å²) < 4.78 is 25.4. The predicted molar refractivity (Wildman–Crippen MR) is 77.3 cm³/mol. The number of nitrogens with zero attached hydrogens (tertiary/aromatic N) is 3. The zero-order chi connectivity index (χ0) is 14.7. The third-order valence-electron chi connectivity index (χ3n) is 3.98. The number of hydrogen-bond donors (Lipinski definition) is 2. The first-order valence-electron chi connectivity index (χ1n) is 6.67. The lowest BCUT2D eigenvalue weighted by Crippen LogP contribution is -2.32. The van der Waals surface area contributed by atoms with Gasteiger partial charge in [-0.15, -0.1) is 0 Å². The number of nitrogens with one attached hydrogen (secondary N) is 1. The van der Waals surface area contributed by atoms with Gasteiger partial charge >= 0.3 is 0 Å². The Labute approximate surface area is 117 Å². The third kappa shape index (κ3) is 1.81. The minimum atomic E-state index is -3.00. The molecule has 0 saturated carbocycles. The highest BCUT2D eigenvalue weighted by atomic mass is 32.2. The molecule has 1 atom stereocenters. The average Bonchev–Trinajstić information content (AvgIpc) is 2.95. The summed E-state index contributed by atoms with van der Waals surface area (Å²) in [5, 5.41) is 12.4. The van der Waals surface area contributed by atoms with Crippen molar-refractivity contribution in [2.75, 3.05) is 17.2 Å². The maximum absolute atomic E-state index is 11.8. The van der Waals surface area contributed by atoms with E-state index in [4.69, 9.17) is 5.73 Å². The molecule has 2 aromatic heterocycles. The van der Waals surface area contributed by atoms with E-state index in [1.807, 2.05) is 20.8 Å². The van der Waals surface area contributed by atoms with Crippen molar-refractivity contribution >= 4 is 26.7 Å². The molecule has 7 nitrogen and oxygen atoms in total. The van der Waals surface area contributed by atoms with Crippen LogP contribution in [0.15, 0.2) is 0 Å². The van der Waals surface area contributed by atoms with Gasteiger partial charge in [-0.1, -0.05) is 13.8 Å². The summed E-state index contributed by atoms with van der Waals surface area (Å²) in [7, 11) is -3.00. The van der Waals surface area contributed by atoms with Crippen LogP contribution in [0, 0.1) is 0 Å². The molecule has 1 aliphatic rings. The summed E-state index contributed by atoms with van der Waals surface area (Å²) >= 11 is 0. The molecule has 3 heterocycles. The third-order valence-corrected chi connectivity index (χ3v) is 5.87. The van der Waals surface area contributed by atoms with Crippen molar-refractivity contribution in [2.24, 2.45) is 0 Å². The van der Waals surface area contributed by atoms with Crippen molar-refractivity contribution < 1.29 is 8.42 Å². The van der Waals surface area contributed by atoms with Crippen molar-refractivity contribution in [2.45, 2.75) is 38.6 Å². The van der Waals surface area contributed by atoms with E-state index in [0.29, 0.717) is 17.9 Å². The molecule has 8 heteroatoms. The van der Waals surface area contributed by atoms with E-state index in [1.54, 1.807) is 4.68 Å². The molecule has 0 radical (unpaired) electrons. The van der Waals surface area contributed by atoms with Crippen LogP contribution in [0.4, 0.5) is 5.82 Å². The normalized spacial score (nSPS) is 25.8. The van der Waals surface area contributed by atoms with Crippen LogP contribution in [0.3, 0.4) is 0 Å². The van der Waals surface area contributed by atoms with E-state index in [1.165, 1.54) is 0 Å². The molecule has 0 bridgehead atoms. The van der Waals surface area contributed by atoms with Gasteiger partial charge in [0.25, 0.3) is 0 Å². The lowest BCUT2D eigenvalue weighted by Gasteiger charge is -2.22. The van der Waals surface area contributed by atoms with E-state index in [-0.39, 0.29) is 17.4 Å².